The van der Waals surface area contributed by atoms with Crippen LogP contribution >= 0.6 is 11.6 Å². The summed E-state index contributed by atoms with van der Waals surface area (Å²) >= 11 is 6.27. The first-order valence-corrected chi connectivity index (χ1v) is 17.3. The number of likely N-dealkylation sites (tertiary alicyclic amines) is 1. The number of piperidine rings is 1. The maximum Gasteiger partial charge on any atom is 0.387 e. The van der Waals surface area contributed by atoms with Crippen LogP contribution in [0.3, 0.4) is 0 Å². The minimum absolute atomic E-state index is 0.0679. The molecule has 2 aliphatic rings. The van der Waals surface area contributed by atoms with Gasteiger partial charge in [0.25, 0.3) is 6.47 Å². The topological polar surface area (TPSA) is 171 Å². The van der Waals surface area contributed by atoms with E-state index in [4.69, 9.17) is 26.2 Å². The third kappa shape index (κ3) is 9.13. The number of carboxylic acid groups (broad SMARTS) is 2. The number of carbonyl (C=O) groups excluding carboxylic acids is 1. The van der Waals surface area contributed by atoms with Crippen LogP contribution in [0.15, 0.2) is 49.1 Å². The Labute approximate surface area is 303 Å². The maximum atomic E-state index is 13.5. The highest BCUT2D eigenvalue weighted by Gasteiger charge is 2.41. The molecule has 52 heavy (non-hydrogen) atoms. The summed E-state index contributed by atoms with van der Waals surface area (Å²) in [4.78, 5) is 44.6. The minimum Gasteiger partial charge on any atom is -0.483 e. The Morgan fingerprint density at radius 1 is 1.17 bits per heavy atom. The minimum atomic E-state index is -3.07. The summed E-state index contributed by atoms with van der Waals surface area (Å²) < 4.78 is 34.6. The number of anilines is 2. The summed E-state index contributed by atoms with van der Waals surface area (Å²) in [5, 5.41) is 29.1. The number of halogens is 3. The fourth-order valence-electron chi connectivity index (χ4n) is 6.68. The SMILES string of the molecule is CCC1CC(C)(C(=O)O)CCN1CCN1CCN(C(=O)Cn2cc(Nc3cnn4cccnc34)c(-c3cc(Cl)ccc3OC(F)F)n2)CC1.O=CO. The second-order valence-electron chi connectivity index (χ2n) is 12.9. The number of carboxylic acids is 1. The second-order valence-corrected chi connectivity index (χ2v) is 13.4. The summed E-state index contributed by atoms with van der Waals surface area (Å²) in [5.41, 5.74) is 1.33. The number of nitrogens with one attached hydrogen (secondary N) is 1. The second kappa shape index (κ2) is 17.1. The molecular formula is C34H42ClF2N9O6. The van der Waals surface area contributed by atoms with Crippen molar-refractivity contribution in [3.8, 4) is 17.0 Å². The van der Waals surface area contributed by atoms with Gasteiger partial charge in [0, 0.05) is 74.5 Å². The molecule has 6 rings (SSSR count). The number of rotatable bonds is 12. The summed E-state index contributed by atoms with van der Waals surface area (Å²) in [6, 6.07) is 6.28. The van der Waals surface area contributed by atoms with Gasteiger partial charge in [-0.15, -0.1) is 0 Å². The zero-order chi connectivity index (χ0) is 37.4. The molecule has 2 unspecified atom stereocenters. The van der Waals surface area contributed by atoms with E-state index in [2.05, 4.69) is 37.2 Å². The third-order valence-corrected chi connectivity index (χ3v) is 9.82. The molecule has 5 heterocycles. The smallest absolute Gasteiger partial charge is 0.387 e. The van der Waals surface area contributed by atoms with Crippen molar-refractivity contribution in [3.63, 3.8) is 0 Å². The van der Waals surface area contributed by atoms with Crippen molar-refractivity contribution >= 4 is 47.0 Å². The van der Waals surface area contributed by atoms with Crippen LogP contribution in [-0.2, 0) is 20.9 Å². The molecule has 15 nitrogen and oxygen atoms in total. The molecule has 2 fully saturated rings. The van der Waals surface area contributed by atoms with Gasteiger partial charge in [-0.05, 0) is 57.0 Å². The maximum absolute atomic E-state index is 13.5. The monoisotopic (exact) mass is 745 g/mol. The molecule has 0 bridgehead atoms. The molecule has 0 aliphatic carbocycles. The molecule has 2 aliphatic heterocycles. The molecule has 2 saturated heterocycles. The van der Waals surface area contributed by atoms with E-state index in [0.29, 0.717) is 48.0 Å². The highest BCUT2D eigenvalue weighted by molar-refractivity contribution is 6.31. The Bertz CT molecular complexity index is 1850. The van der Waals surface area contributed by atoms with E-state index in [0.717, 1.165) is 39.1 Å². The zero-order valence-electron chi connectivity index (χ0n) is 28.9. The van der Waals surface area contributed by atoms with E-state index in [1.807, 2.05) is 6.92 Å². The number of hydrogen-bond acceptors (Lipinski definition) is 10. The number of aliphatic carboxylic acids is 1. The van der Waals surface area contributed by atoms with E-state index in [-0.39, 0.29) is 42.0 Å². The summed E-state index contributed by atoms with van der Waals surface area (Å²) in [7, 11) is 0. The van der Waals surface area contributed by atoms with E-state index in [1.165, 1.54) is 22.9 Å². The first-order chi connectivity index (χ1) is 24.9. The lowest BCUT2D eigenvalue weighted by Gasteiger charge is -2.44. The van der Waals surface area contributed by atoms with Gasteiger partial charge in [-0.1, -0.05) is 18.5 Å². The Hall–Kier alpha value is -4.87. The molecule has 0 saturated carbocycles. The molecule has 1 aromatic carbocycles. The van der Waals surface area contributed by atoms with Crippen molar-refractivity contribution in [3.05, 3.63) is 54.1 Å². The van der Waals surface area contributed by atoms with Crippen molar-refractivity contribution in [1.82, 2.24) is 39.1 Å². The molecule has 4 aromatic rings. The molecule has 1 amide bonds. The Morgan fingerprint density at radius 3 is 2.62 bits per heavy atom. The average Bonchev–Trinajstić information content (AvgIpc) is 3.72. The van der Waals surface area contributed by atoms with Gasteiger partial charge in [0.05, 0.1) is 17.3 Å². The van der Waals surface area contributed by atoms with Crippen LogP contribution in [0.2, 0.25) is 5.02 Å². The van der Waals surface area contributed by atoms with Crippen molar-refractivity contribution < 1.29 is 38.1 Å². The Kier molecular flexibility index (Phi) is 12.6. The Balaban J connectivity index is 0.00000168. The van der Waals surface area contributed by atoms with E-state index in [9.17, 15) is 23.5 Å². The van der Waals surface area contributed by atoms with Gasteiger partial charge >= 0.3 is 12.6 Å². The normalized spacial score (nSPS) is 19.7. The van der Waals surface area contributed by atoms with Gasteiger partial charge in [-0.3, -0.25) is 28.9 Å². The lowest BCUT2D eigenvalue weighted by Crippen LogP contribution is -2.53. The fraction of sp³-hybridized carbons (Fsp3) is 0.471. The van der Waals surface area contributed by atoms with Crippen LogP contribution in [0.25, 0.3) is 16.9 Å². The quantitative estimate of drug-likeness (QED) is 0.175. The Morgan fingerprint density at radius 2 is 1.92 bits per heavy atom. The van der Waals surface area contributed by atoms with Crippen molar-refractivity contribution in [1.29, 1.82) is 0 Å². The number of carbonyl (C=O) groups is 3. The van der Waals surface area contributed by atoms with Crippen LogP contribution in [0.1, 0.15) is 33.1 Å². The fourth-order valence-corrected chi connectivity index (χ4v) is 6.86. The molecular weight excluding hydrogens is 704 g/mol. The third-order valence-electron chi connectivity index (χ3n) is 9.59. The van der Waals surface area contributed by atoms with Crippen molar-refractivity contribution in [2.24, 2.45) is 5.41 Å². The van der Waals surface area contributed by atoms with Gasteiger partial charge in [0.1, 0.15) is 23.7 Å². The van der Waals surface area contributed by atoms with Crippen LogP contribution < -0.4 is 10.1 Å². The molecule has 2 atom stereocenters. The summed E-state index contributed by atoms with van der Waals surface area (Å²) in [5.74, 6) is -0.952. The number of hydrogen-bond donors (Lipinski definition) is 3. The highest BCUT2D eigenvalue weighted by Crippen LogP contribution is 2.39. The zero-order valence-corrected chi connectivity index (χ0v) is 29.6. The number of aromatic nitrogens is 5. The van der Waals surface area contributed by atoms with E-state index in [1.54, 1.807) is 40.3 Å². The highest BCUT2D eigenvalue weighted by atomic mass is 35.5. The molecule has 3 aromatic heterocycles. The first kappa shape index (κ1) is 38.4. The van der Waals surface area contributed by atoms with E-state index < -0.39 is 18.0 Å². The predicted molar refractivity (Wildman–Crippen MR) is 188 cm³/mol. The van der Waals surface area contributed by atoms with Crippen LogP contribution in [0.4, 0.5) is 20.2 Å². The van der Waals surface area contributed by atoms with E-state index >= 15 is 0 Å². The number of fused-ring (bicyclic) bond motifs is 1. The number of ether oxygens (including phenoxy) is 1. The first-order valence-electron chi connectivity index (χ1n) is 16.9. The van der Waals surface area contributed by atoms with Gasteiger partial charge in [0.15, 0.2) is 5.65 Å². The van der Waals surface area contributed by atoms with Crippen molar-refractivity contribution in [2.75, 3.05) is 51.1 Å². The van der Waals surface area contributed by atoms with Crippen molar-refractivity contribution in [2.45, 2.75) is 52.3 Å². The molecule has 0 radical (unpaired) electrons. The summed E-state index contributed by atoms with van der Waals surface area (Å²) in [6.07, 6.45) is 8.80. The predicted octanol–water partition coefficient (Wildman–Crippen LogP) is 4.40. The lowest BCUT2D eigenvalue weighted by atomic mass is 9.76. The molecule has 0 spiro atoms. The van der Waals surface area contributed by atoms with Gasteiger partial charge in [-0.2, -0.15) is 19.0 Å². The number of amides is 1. The van der Waals surface area contributed by atoms with Gasteiger partial charge in [-0.25, -0.2) is 9.50 Å². The number of benzene rings is 1. The number of nitrogens with zero attached hydrogens (tertiary/aromatic N) is 8. The molecule has 18 heteroatoms. The number of piperazine rings is 1. The molecule has 3 N–H and O–H groups in total. The lowest BCUT2D eigenvalue weighted by molar-refractivity contribution is -0.152. The van der Waals surface area contributed by atoms with Crippen LogP contribution in [0, 0.1) is 5.41 Å². The van der Waals surface area contributed by atoms with Crippen LogP contribution in [0.5, 0.6) is 5.75 Å². The number of alkyl halides is 2. The van der Waals surface area contributed by atoms with Gasteiger partial charge < -0.3 is 25.2 Å². The average molecular weight is 746 g/mol. The largest absolute Gasteiger partial charge is 0.483 e. The molecule has 280 valence electrons. The van der Waals surface area contributed by atoms with Crippen LogP contribution in [-0.4, -0.2) is 126 Å². The standard InChI is InChI=1S/C33H40ClF2N9O4.CH2O2/c1-3-23-18-33(2,31(47)48)7-10-42(23)14-11-41-12-15-43(16-13-41)28(46)21-44-20-26(39-25-19-38-45-9-4-8-37-30(25)45)29(40-44)24-17-22(34)5-6-27(24)49-32(35)36;2-1-3/h4-6,8-9,17,19-20,23,32,39H,3,7,10-16,18,21H2,1-2H3,(H,47,48);1H,(H,2,3). The summed E-state index contributed by atoms with van der Waals surface area (Å²) in [6.45, 7) is 5.60. The van der Waals surface area contributed by atoms with Gasteiger partial charge in [0.2, 0.25) is 5.91 Å².